The Morgan fingerprint density at radius 1 is 1.48 bits per heavy atom. The fraction of sp³-hybridized carbons (Fsp3) is 0.333. The highest BCUT2D eigenvalue weighted by Gasteiger charge is 2.30. The van der Waals surface area contributed by atoms with E-state index in [2.05, 4.69) is 4.98 Å². The molecule has 1 saturated carbocycles. The van der Waals surface area contributed by atoms with Gasteiger partial charge >= 0.3 is 0 Å². The highest BCUT2D eigenvalue weighted by atomic mass is 16.2. The first-order chi connectivity index (χ1) is 12.5. The minimum atomic E-state index is -2.42. The molecule has 1 aliphatic carbocycles. The predicted molar refractivity (Wildman–Crippen MR) is 78.1 cm³/mol. The van der Waals surface area contributed by atoms with E-state index < -0.39 is 55.1 Å². The van der Waals surface area contributed by atoms with E-state index in [1.165, 1.54) is 0 Å². The van der Waals surface area contributed by atoms with Gasteiger partial charge in [0, 0.05) is 17.6 Å². The van der Waals surface area contributed by atoms with Crippen LogP contribution < -0.4 is 11.3 Å². The number of anilines is 1. The van der Waals surface area contributed by atoms with Crippen LogP contribution in [0.25, 0.3) is 10.9 Å². The summed E-state index contributed by atoms with van der Waals surface area (Å²) in [5, 5.41) is -0.350. The van der Waals surface area contributed by atoms with E-state index >= 15 is 0 Å². The molecular formula is C15H15N3O3. The number of aromatic nitrogens is 2. The first kappa shape index (κ1) is 8.07. The maximum atomic E-state index is 13.1. The molecule has 21 heavy (non-hydrogen) atoms. The summed E-state index contributed by atoms with van der Waals surface area (Å²) in [6, 6.07) is -1.32. The number of benzene rings is 1. The van der Waals surface area contributed by atoms with E-state index in [1.807, 2.05) is 0 Å². The molecule has 0 spiro atoms. The molecule has 108 valence electrons. The Morgan fingerprint density at radius 3 is 3.00 bits per heavy atom. The van der Waals surface area contributed by atoms with Gasteiger partial charge in [-0.25, -0.2) is 4.98 Å². The number of hydrogen-bond donors (Lipinski definition) is 1. The summed E-state index contributed by atoms with van der Waals surface area (Å²) in [7, 11) is 0. The largest absolute Gasteiger partial charge is 0.398 e. The predicted octanol–water partition coefficient (Wildman–Crippen LogP) is 1.15. The lowest BCUT2D eigenvalue weighted by Gasteiger charge is -2.24. The maximum Gasteiger partial charge on any atom is 0.264 e. The van der Waals surface area contributed by atoms with Gasteiger partial charge in [0.1, 0.15) is 11.6 Å². The third-order valence-electron chi connectivity index (χ3n) is 3.28. The van der Waals surface area contributed by atoms with E-state index in [0.29, 0.717) is 4.57 Å². The summed E-state index contributed by atoms with van der Waals surface area (Å²) < 4.78 is 47.7. The Kier molecular flexibility index (Phi) is 1.84. The lowest BCUT2D eigenvalue weighted by Crippen LogP contribution is -2.36. The van der Waals surface area contributed by atoms with Crippen molar-refractivity contribution >= 4 is 28.2 Å². The second kappa shape index (κ2) is 4.80. The Labute approximate surface area is 129 Å². The highest BCUT2D eigenvalue weighted by Crippen LogP contribution is 2.24. The van der Waals surface area contributed by atoms with Crippen molar-refractivity contribution in [2.45, 2.75) is 32.1 Å². The third kappa shape index (κ3) is 2.12. The second-order valence-electron chi connectivity index (χ2n) is 4.68. The van der Waals surface area contributed by atoms with Crippen LogP contribution in [0, 0.1) is 6.88 Å². The topological polar surface area (TPSA) is 95.0 Å². The van der Waals surface area contributed by atoms with Gasteiger partial charge in [0.15, 0.2) is 5.78 Å². The molecule has 1 aromatic heterocycles. The van der Waals surface area contributed by atoms with Gasteiger partial charge in [0.2, 0.25) is 0 Å². The molecule has 1 aromatic carbocycles. The molecule has 0 aliphatic heterocycles. The first-order valence-electron chi connectivity index (χ1n) is 9.32. The van der Waals surface area contributed by atoms with E-state index in [1.54, 1.807) is 0 Å². The number of ketones is 2. The van der Waals surface area contributed by atoms with Crippen molar-refractivity contribution in [2.75, 3.05) is 5.73 Å². The van der Waals surface area contributed by atoms with Crippen LogP contribution in [0.2, 0.25) is 0 Å². The van der Waals surface area contributed by atoms with Crippen molar-refractivity contribution in [3.8, 4) is 0 Å². The minimum Gasteiger partial charge on any atom is -0.398 e. The van der Waals surface area contributed by atoms with Crippen LogP contribution in [0.4, 0.5) is 5.69 Å². The fourth-order valence-electron chi connectivity index (χ4n) is 2.31. The molecule has 0 radical (unpaired) electrons. The normalized spacial score (nSPS) is 25.9. The summed E-state index contributed by atoms with van der Waals surface area (Å²) in [5.41, 5.74) is 4.24. The zero-order valence-corrected chi connectivity index (χ0v) is 10.8. The standard InChI is InChI=1S/C15H15N3O3/c1-8-17-11-4-2-3-10(16)14(11)15(21)18(8)12-6-5-9(19)7-13(12)20/h2-4,12H,5-7,16H2,1H3/i1D2,3D,4D,6D2. The number of hydrogen-bond acceptors (Lipinski definition) is 5. The smallest absolute Gasteiger partial charge is 0.264 e. The van der Waals surface area contributed by atoms with E-state index in [-0.39, 0.29) is 28.7 Å². The van der Waals surface area contributed by atoms with E-state index in [9.17, 15) is 14.4 Å². The summed E-state index contributed by atoms with van der Waals surface area (Å²) in [6.07, 6.45) is -3.61. The van der Waals surface area contributed by atoms with Crippen molar-refractivity contribution in [3.63, 3.8) is 0 Å². The number of nitrogens with zero attached hydrogens (tertiary/aromatic N) is 2. The second-order valence-corrected chi connectivity index (χ2v) is 4.68. The zero-order chi connectivity index (χ0) is 20.3. The molecule has 1 fully saturated rings. The molecule has 1 aliphatic rings. The number of aryl methyl sites for hydroxylation is 1. The molecule has 6 nitrogen and oxygen atoms in total. The molecule has 0 saturated heterocycles. The highest BCUT2D eigenvalue weighted by molar-refractivity contribution is 6.03. The Morgan fingerprint density at radius 2 is 2.29 bits per heavy atom. The zero-order valence-electron chi connectivity index (χ0n) is 16.8. The van der Waals surface area contributed by atoms with Crippen molar-refractivity contribution in [2.24, 2.45) is 0 Å². The van der Waals surface area contributed by atoms with Crippen LogP contribution in [0.15, 0.2) is 22.9 Å². The number of Topliss-reactive ketones (excluding diaryl/α,β-unsaturated/α-hetero) is 2. The summed E-state index contributed by atoms with van der Waals surface area (Å²) in [4.78, 5) is 41.1. The van der Waals surface area contributed by atoms with Gasteiger partial charge in [-0.15, -0.1) is 0 Å². The van der Waals surface area contributed by atoms with E-state index in [0.717, 1.165) is 6.07 Å². The minimum absolute atomic E-state index is 0.232. The van der Waals surface area contributed by atoms with Crippen LogP contribution >= 0.6 is 0 Å². The molecule has 1 unspecified atom stereocenters. The lowest BCUT2D eigenvalue weighted by atomic mass is 9.92. The number of nitrogen functional groups attached to an aromatic ring is 1. The van der Waals surface area contributed by atoms with Crippen LogP contribution in [-0.2, 0) is 9.59 Å². The Bertz CT molecular complexity index is 1050. The van der Waals surface area contributed by atoms with Gasteiger partial charge in [-0.1, -0.05) is 6.07 Å². The number of carbonyl (C=O) groups is 2. The number of carbonyl (C=O) groups excluding carboxylic acids is 2. The quantitative estimate of drug-likeness (QED) is 0.628. The van der Waals surface area contributed by atoms with Gasteiger partial charge in [-0.3, -0.25) is 19.0 Å². The Balaban J connectivity index is 2.45. The van der Waals surface area contributed by atoms with Crippen molar-refractivity contribution in [1.29, 1.82) is 0 Å². The molecule has 0 amide bonds. The monoisotopic (exact) mass is 291 g/mol. The molecule has 2 N–H and O–H groups in total. The number of fused-ring (bicyclic) bond motifs is 1. The summed E-state index contributed by atoms with van der Waals surface area (Å²) in [5.74, 6) is -2.01. The summed E-state index contributed by atoms with van der Waals surface area (Å²) in [6.45, 7) is -1.86. The molecule has 6 heteroatoms. The van der Waals surface area contributed by atoms with Gasteiger partial charge in [0.25, 0.3) is 5.56 Å². The molecule has 3 rings (SSSR count). The van der Waals surface area contributed by atoms with Gasteiger partial charge in [0.05, 0.1) is 26.1 Å². The first-order valence-corrected chi connectivity index (χ1v) is 6.16. The van der Waals surface area contributed by atoms with Crippen molar-refractivity contribution < 1.29 is 17.8 Å². The van der Waals surface area contributed by atoms with Crippen LogP contribution in [0.3, 0.4) is 0 Å². The van der Waals surface area contributed by atoms with Crippen LogP contribution in [0.1, 0.15) is 39.3 Å². The molecule has 0 bridgehead atoms. The molecule has 1 atom stereocenters. The lowest BCUT2D eigenvalue weighted by molar-refractivity contribution is -0.132. The van der Waals surface area contributed by atoms with Crippen molar-refractivity contribution in [1.82, 2.24) is 9.55 Å². The molecule has 1 heterocycles. The van der Waals surface area contributed by atoms with Crippen molar-refractivity contribution in [3.05, 3.63) is 34.3 Å². The number of nitrogens with two attached hydrogens (primary N) is 1. The fourth-order valence-corrected chi connectivity index (χ4v) is 2.31. The maximum absolute atomic E-state index is 13.1. The SMILES string of the molecule is [2H]c1cc([2H])c2nc(C([2H])[2H])n(C3C(=O)CC(=O)CC3([2H])[2H])c(=O)c2c1N. The third-order valence-corrected chi connectivity index (χ3v) is 3.28. The van der Waals surface area contributed by atoms with Gasteiger partial charge in [-0.2, -0.15) is 0 Å². The average Bonchev–Trinajstić information content (AvgIpc) is 2.51. The molecule has 2 aromatic rings. The van der Waals surface area contributed by atoms with E-state index in [4.69, 9.17) is 14.0 Å². The van der Waals surface area contributed by atoms with Crippen LogP contribution in [0.5, 0.6) is 0 Å². The van der Waals surface area contributed by atoms with Gasteiger partial charge < -0.3 is 5.73 Å². The average molecular weight is 291 g/mol. The van der Waals surface area contributed by atoms with Gasteiger partial charge in [-0.05, 0) is 25.3 Å². The molecular weight excluding hydrogens is 270 g/mol. The summed E-state index contributed by atoms with van der Waals surface area (Å²) >= 11 is 0. The number of rotatable bonds is 1. The Hall–Kier alpha value is -2.50. The van der Waals surface area contributed by atoms with Crippen LogP contribution in [-0.4, -0.2) is 21.1 Å².